The predicted octanol–water partition coefficient (Wildman–Crippen LogP) is 3.52. The summed E-state index contributed by atoms with van der Waals surface area (Å²) in [4.78, 5) is 23.5. The van der Waals surface area contributed by atoms with Crippen molar-refractivity contribution in [3.05, 3.63) is 53.6 Å². The SMILES string of the molecule is COc1ccc(C(C)=O)cc1CSCC(=O)OCc1nnc(-c2ccco2)o1. The second-order valence-corrected chi connectivity index (χ2v) is 6.70. The molecule has 2 heterocycles. The Morgan fingerprint density at radius 3 is 2.79 bits per heavy atom. The van der Waals surface area contributed by atoms with Gasteiger partial charge < -0.3 is 18.3 Å². The summed E-state index contributed by atoms with van der Waals surface area (Å²) in [6.07, 6.45) is 1.50. The summed E-state index contributed by atoms with van der Waals surface area (Å²) in [5.41, 5.74) is 1.44. The fourth-order valence-corrected chi connectivity index (χ4v) is 3.15. The van der Waals surface area contributed by atoms with Crippen LogP contribution in [0, 0.1) is 0 Å². The smallest absolute Gasteiger partial charge is 0.316 e. The molecule has 1 aromatic carbocycles. The van der Waals surface area contributed by atoms with Crippen LogP contribution in [0.15, 0.2) is 45.4 Å². The number of esters is 1. The molecule has 146 valence electrons. The van der Waals surface area contributed by atoms with E-state index in [0.29, 0.717) is 22.8 Å². The molecule has 0 aliphatic heterocycles. The quantitative estimate of drug-likeness (QED) is 0.393. The highest BCUT2D eigenvalue weighted by Gasteiger charge is 2.13. The van der Waals surface area contributed by atoms with Gasteiger partial charge in [0.1, 0.15) is 5.75 Å². The van der Waals surface area contributed by atoms with Crippen LogP contribution in [-0.4, -0.2) is 34.8 Å². The molecule has 0 unspecified atom stereocenters. The van der Waals surface area contributed by atoms with Crippen LogP contribution in [0.2, 0.25) is 0 Å². The number of aromatic nitrogens is 2. The molecule has 0 amide bonds. The van der Waals surface area contributed by atoms with Crippen molar-refractivity contribution in [1.29, 1.82) is 0 Å². The molecule has 3 rings (SSSR count). The molecule has 0 saturated carbocycles. The molecule has 28 heavy (non-hydrogen) atoms. The van der Waals surface area contributed by atoms with Crippen molar-refractivity contribution in [2.75, 3.05) is 12.9 Å². The van der Waals surface area contributed by atoms with E-state index in [2.05, 4.69) is 10.2 Å². The topological polar surface area (TPSA) is 105 Å². The van der Waals surface area contributed by atoms with Crippen LogP contribution in [0.5, 0.6) is 5.75 Å². The Morgan fingerprint density at radius 1 is 1.21 bits per heavy atom. The maximum Gasteiger partial charge on any atom is 0.316 e. The number of ether oxygens (including phenoxy) is 2. The normalized spacial score (nSPS) is 10.6. The van der Waals surface area contributed by atoms with Crippen molar-refractivity contribution in [1.82, 2.24) is 10.2 Å². The number of rotatable bonds is 9. The van der Waals surface area contributed by atoms with Crippen LogP contribution in [0.25, 0.3) is 11.7 Å². The summed E-state index contributed by atoms with van der Waals surface area (Å²) in [7, 11) is 1.56. The molecule has 0 N–H and O–H groups in total. The Morgan fingerprint density at radius 2 is 2.07 bits per heavy atom. The largest absolute Gasteiger partial charge is 0.496 e. The molecule has 0 atom stereocenters. The molecule has 0 radical (unpaired) electrons. The van der Waals surface area contributed by atoms with Gasteiger partial charge in [-0.25, -0.2) is 0 Å². The van der Waals surface area contributed by atoms with Gasteiger partial charge in [-0.2, -0.15) is 0 Å². The highest BCUT2D eigenvalue weighted by Crippen LogP contribution is 2.25. The lowest BCUT2D eigenvalue weighted by Gasteiger charge is -2.09. The van der Waals surface area contributed by atoms with E-state index in [9.17, 15) is 9.59 Å². The van der Waals surface area contributed by atoms with Gasteiger partial charge in [0.05, 0.1) is 19.1 Å². The number of hydrogen-bond acceptors (Lipinski definition) is 9. The molecule has 3 aromatic rings. The van der Waals surface area contributed by atoms with Crippen molar-refractivity contribution in [2.24, 2.45) is 0 Å². The maximum atomic E-state index is 11.9. The Labute approximate surface area is 165 Å². The molecule has 0 bridgehead atoms. The molecule has 0 spiro atoms. The summed E-state index contributed by atoms with van der Waals surface area (Å²) >= 11 is 1.36. The van der Waals surface area contributed by atoms with Gasteiger partial charge >= 0.3 is 5.97 Å². The summed E-state index contributed by atoms with van der Waals surface area (Å²) < 4.78 is 21.0. The second kappa shape index (κ2) is 9.23. The van der Waals surface area contributed by atoms with Gasteiger partial charge in [0, 0.05) is 16.9 Å². The van der Waals surface area contributed by atoms with E-state index in [0.717, 1.165) is 5.56 Å². The predicted molar refractivity (Wildman–Crippen MR) is 101 cm³/mol. The third-order valence-corrected chi connectivity index (χ3v) is 4.67. The van der Waals surface area contributed by atoms with Crippen LogP contribution < -0.4 is 4.74 Å². The fourth-order valence-electron chi connectivity index (χ4n) is 2.35. The molecule has 2 aromatic heterocycles. The number of carbonyl (C=O) groups excluding carboxylic acids is 2. The number of furan rings is 1. The van der Waals surface area contributed by atoms with Crippen molar-refractivity contribution in [2.45, 2.75) is 19.3 Å². The van der Waals surface area contributed by atoms with E-state index < -0.39 is 5.97 Å². The Balaban J connectivity index is 1.47. The minimum Gasteiger partial charge on any atom is -0.496 e. The highest BCUT2D eigenvalue weighted by atomic mass is 32.2. The van der Waals surface area contributed by atoms with Gasteiger partial charge in [0.2, 0.25) is 0 Å². The third-order valence-electron chi connectivity index (χ3n) is 3.72. The van der Waals surface area contributed by atoms with Crippen molar-refractivity contribution < 1.29 is 27.9 Å². The van der Waals surface area contributed by atoms with Gasteiger partial charge in [0.15, 0.2) is 18.2 Å². The molecular formula is C19H18N2O6S. The van der Waals surface area contributed by atoms with Crippen molar-refractivity contribution >= 4 is 23.5 Å². The molecule has 0 aliphatic rings. The number of thioether (sulfide) groups is 1. The molecule has 9 heteroatoms. The number of methoxy groups -OCH3 is 1. The van der Waals surface area contributed by atoms with Gasteiger partial charge in [-0.3, -0.25) is 9.59 Å². The van der Waals surface area contributed by atoms with Crippen LogP contribution in [0.1, 0.15) is 28.7 Å². The number of carbonyl (C=O) groups is 2. The molecule has 0 saturated heterocycles. The average Bonchev–Trinajstić information content (AvgIpc) is 3.37. The lowest BCUT2D eigenvalue weighted by Crippen LogP contribution is -2.08. The molecular weight excluding hydrogens is 384 g/mol. The first kappa shape index (κ1) is 19.7. The first-order chi connectivity index (χ1) is 13.6. The van der Waals surface area contributed by atoms with Crippen LogP contribution in [-0.2, 0) is 21.9 Å². The minimum absolute atomic E-state index is 0.0261. The van der Waals surface area contributed by atoms with Gasteiger partial charge in [-0.05, 0) is 37.3 Å². The molecule has 0 fully saturated rings. The minimum atomic E-state index is -0.413. The highest BCUT2D eigenvalue weighted by molar-refractivity contribution is 7.99. The maximum absolute atomic E-state index is 11.9. The Hall–Kier alpha value is -3.07. The summed E-state index contributed by atoms with van der Waals surface area (Å²) in [6.45, 7) is 1.39. The van der Waals surface area contributed by atoms with Crippen LogP contribution in [0.3, 0.4) is 0 Å². The standard InChI is InChI=1S/C19H18N2O6S/c1-12(22)13-5-6-15(24-2)14(8-13)10-28-11-18(23)26-9-17-20-21-19(27-17)16-4-3-7-25-16/h3-8H,9-11H2,1-2H3. The van der Waals surface area contributed by atoms with E-state index in [4.69, 9.17) is 18.3 Å². The van der Waals surface area contributed by atoms with Gasteiger partial charge in [-0.1, -0.05) is 0 Å². The zero-order valence-corrected chi connectivity index (χ0v) is 16.2. The molecule has 0 aliphatic carbocycles. The van der Waals surface area contributed by atoms with Crippen molar-refractivity contribution in [3.8, 4) is 17.4 Å². The summed E-state index contributed by atoms with van der Waals surface area (Å²) in [5, 5.41) is 7.64. The second-order valence-electron chi connectivity index (χ2n) is 5.71. The lowest BCUT2D eigenvalue weighted by molar-refractivity contribution is -0.142. The number of Topliss-reactive ketones (excluding diaryl/α,β-unsaturated/α-hetero) is 1. The monoisotopic (exact) mass is 402 g/mol. The molecule has 8 nitrogen and oxygen atoms in total. The lowest BCUT2D eigenvalue weighted by atomic mass is 10.1. The van der Waals surface area contributed by atoms with Gasteiger partial charge in [-0.15, -0.1) is 22.0 Å². The summed E-state index contributed by atoms with van der Waals surface area (Å²) in [6, 6.07) is 8.63. The van der Waals surface area contributed by atoms with E-state index in [1.807, 2.05) is 0 Å². The Kier molecular flexibility index (Phi) is 6.49. The number of ketones is 1. The number of nitrogens with zero attached hydrogens (tertiary/aromatic N) is 2. The van der Waals surface area contributed by atoms with E-state index in [-0.39, 0.29) is 29.9 Å². The summed E-state index contributed by atoms with van der Waals surface area (Å²) in [5.74, 6) is 1.72. The number of hydrogen-bond donors (Lipinski definition) is 0. The average molecular weight is 402 g/mol. The Bertz CT molecular complexity index is 951. The van der Waals surface area contributed by atoms with Gasteiger partial charge in [0.25, 0.3) is 11.8 Å². The third kappa shape index (κ3) is 5.01. The first-order valence-electron chi connectivity index (χ1n) is 8.34. The first-order valence-corrected chi connectivity index (χ1v) is 9.49. The number of benzene rings is 1. The van der Waals surface area contributed by atoms with E-state index in [1.165, 1.54) is 24.9 Å². The zero-order chi connectivity index (χ0) is 19.9. The zero-order valence-electron chi connectivity index (χ0n) is 15.3. The van der Waals surface area contributed by atoms with Crippen molar-refractivity contribution in [3.63, 3.8) is 0 Å². The van der Waals surface area contributed by atoms with Crippen LogP contribution >= 0.6 is 11.8 Å². The van der Waals surface area contributed by atoms with E-state index >= 15 is 0 Å². The van der Waals surface area contributed by atoms with Crippen LogP contribution in [0.4, 0.5) is 0 Å². The fraction of sp³-hybridized carbons (Fsp3) is 0.263. The van der Waals surface area contributed by atoms with E-state index in [1.54, 1.807) is 37.4 Å².